The Kier molecular flexibility index (Phi) is 8.47. The van der Waals surface area contributed by atoms with Crippen LogP contribution in [0.3, 0.4) is 0 Å². The minimum Gasteiger partial charge on any atom is -0.468 e. The maximum atomic E-state index is 11.7. The van der Waals surface area contributed by atoms with Gasteiger partial charge in [-0.25, -0.2) is 0 Å². The van der Waals surface area contributed by atoms with Gasteiger partial charge in [0, 0.05) is 0 Å². The monoisotopic (exact) mass is 232 g/mol. The fourth-order valence-electron chi connectivity index (χ4n) is 1.26. The number of ether oxygens (including phenoxy) is 1. The van der Waals surface area contributed by atoms with Gasteiger partial charge in [0.15, 0.2) is 5.78 Å². The predicted molar refractivity (Wildman–Crippen MR) is 63.0 cm³/mol. The minimum absolute atomic E-state index is 0.00199. The van der Waals surface area contributed by atoms with Crippen LogP contribution in [0, 0.1) is 5.92 Å². The van der Waals surface area contributed by atoms with Crippen molar-refractivity contribution >= 4 is 23.5 Å². The normalized spacial score (nSPS) is 12.2. The maximum Gasteiger partial charge on any atom is 0.316 e. The summed E-state index contributed by atoms with van der Waals surface area (Å²) in [4.78, 5) is 23.1. The second kappa shape index (κ2) is 8.77. The van der Waals surface area contributed by atoms with E-state index >= 15 is 0 Å². The van der Waals surface area contributed by atoms with Crippen molar-refractivity contribution in [3.8, 4) is 0 Å². The summed E-state index contributed by atoms with van der Waals surface area (Å²) >= 11 is 1.55. The highest BCUT2D eigenvalue weighted by molar-refractivity contribution is 7.99. The Hall–Kier alpha value is -0.510. The van der Waals surface area contributed by atoms with Crippen LogP contribution in [0.2, 0.25) is 0 Å². The molecular formula is C11H20O3S. The standard InChI is InChI=1S/C11H20O3S/c1-4-6-7-9(11(13)14-3)10(12)8-15-5-2/h9H,4-8H2,1-3H3. The zero-order valence-electron chi connectivity index (χ0n) is 9.75. The third kappa shape index (κ3) is 5.82. The zero-order valence-corrected chi connectivity index (χ0v) is 10.6. The molecule has 0 aromatic rings. The molecule has 0 aliphatic heterocycles. The summed E-state index contributed by atoms with van der Waals surface area (Å²) in [6, 6.07) is 0. The maximum absolute atomic E-state index is 11.7. The number of esters is 1. The summed E-state index contributed by atoms with van der Waals surface area (Å²) in [6.07, 6.45) is 2.50. The van der Waals surface area contributed by atoms with Crippen molar-refractivity contribution < 1.29 is 14.3 Å². The summed E-state index contributed by atoms with van der Waals surface area (Å²) < 4.78 is 4.64. The fraction of sp³-hybridized carbons (Fsp3) is 0.818. The lowest BCUT2D eigenvalue weighted by Gasteiger charge is -2.12. The van der Waals surface area contributed by atoms with E-state index in [2.05, 4.69) is 4.74 Å². The molecule has 0 heterocycles. The van der Waals surface area contributed by atoms with Gasteiger partial charge in [0.1, 0.15) is 5.92 Å². The highest BCUT2D eigenvalue weighted by Crippen LogP contribution is 2.14. The van der Waals surface area contributed by atoms with Crippen molar-refractivity contribution in [2.45, 2.75) is 33.1 Å². The van der Waals surface area contributed by atoms with Crippen molar-refractivity contribution in [3.05, 3.63) is 0 Å². The Morgan fingerprint density at radius 3 is 2.47 bits per heavy atom. The van der Waals surface area contributed by atoms with Crippen LogP contribution in [0.4, 0.5) is 0 Å². The quantitative estimate of drug-likeness (QED) is 0.476. The first-order valence-electron chi connectivity index (χ1n) is 5.35. The number of rotatable bonds is 8. The number of hydrogen-bond acceptors (Lipinski definition) is 4. The molecule has 1 atom stereocenters. The van der Waals surface area contributed by atoms with Gasteiger partial charge in [0.25, 0.3) is 0 Å². The van der Waals surface area contributed by atoms with Crippen molar-refractivity contribution in [1.29, 1.82) is 0 Å². The van der Waals surface area contributed by atoms with Crippen LogP contribution in [-0.2, 0) is 14.3 Å². The van der Waals surface area contributed by atoms with Gasteiger partial charge in [-0.1, -0.05) is 26.7 Å². The van der Waals surface area contributed by atoms with E-state index in [0.717, 1.165) is 18.6 Å². The lowest BCUT2D eigenvalue weighted by atomic mass is 9.98. The van der Waals surface area contributed by atoms with Crippen LogP contribution in [0.5, 0.6) is 0 Å². The first-order chi connectivity index (χ1) is 7.17. The second-order valence-electron chi connectivity index (χ2n) is 3.32. The van der Waals surface area contributed by atoms with E-state index in [-0.39, 0.29) is 11.8 Å². The average molecular weight is 232 g/mol. The first-order valence-corrected chi connectivity index (χ1v) is 6.51. The van der Waals surface area contributed by atoms with Gasteiger partial charge in [-0.05, 0) is 12.2 Å². The molecule has 0 saturated heterocycles. The Labute approximate surface area is 95.9 Å². The van der Waals surface area contributed by atoms with Crippen molar-refractivity contribution in [3.63, 3.8) is 0 Å². The van der Waals surface area contributed by atoms with E-state index < -0.39 is 5.92 Å². The molecule has 0 aliphatic rings. The molecule has 0 rings (SSSR count). The van der Waals surface area contributed by atoms with Crippen LogP contribution in [0.15, 0.2) is 0 Å². The molecule has 0 bridgehead atoms. The highest BCUT2D eigenvalue weighted by Gasteiger charge is 2.26. The molecule has 15 heavy (non-hydrogen) atoms. The lowest BCUT2D eigenvalue weighted by Crippen LogP contribution is -2.26. The molecule has 0 spiro atoms. The Morgan fingerprint density at radius 1 is 1.33 bits per heavy atom. The van der Waals surface area contributed by atoms with Gasteiger partial charge in [-0.2, -0.15) is 11.8 Å². The van der Waals surface area contributed by atoms with Crippen molar-refractivity contribution in [2.24, 2.45) is 5.92 Å². The predicted octanol–water partition coefficient (Wildman–Crippen LogP) is 2.29. The van der Waals surface area contributed by atoms with Crippen molar-refractivity contribution in [2.75, 3.05) is 18.6 Å². The molecule has 0 N–H and O–H groups in total. The number of carbonyl (C=O) groups excluding carboxylic acids is 2. The largest absolute Gasteiger partial charge is 0.468 e. The molecule has 0 saturated carbocycles. The van der Waals surface area contributed by atoms with Gasteiger partial charge in [-0.3, -0.25) is 9.59 Å². The van der Waals surface area contributed by atoms with Crippen LogP contribution < -0.4 is 0 Å². The Bertz CT molecular complexity index is 204. The molecule has 0 amide bonds. The zero-order chi connectivity index (χ0) is 11.7. The summed E-state index contributed by atoms with van der Waals surface area (Å²) in [7, 11) is 1.33. The molecular weight excluding hydrogens is 212 g/mol. The molecule has 4 heteroatoms. The van der Waals surface area contributed by atoms with Gasteiger partial charge in [0.05, 0.1) is 12.9 Å². The third-order valence-electron chi connectivity index (χ3n) is 2.17. The number of carbonyl (C=O) groups is 2. The lowest BCUT2D eigenvalue weighted by molar-refractivity contribution is -0.149. The molecule has 0 radical (unpaired) electrons. The molecule has 88 valence electrons. The summed E-state index contributed by atoms with van der Waals surface area (Å²) in [5.74, 6) is 0.384. The van der Waals surface area contributed by atoms with Crippen LogP contribution in [-0.4, -0.2) is 30.4 Å². The number of unbranched alkanes of at least 4 members (excludes halogenated alkanes) is 1. The van der Waals surface area contributed by atoms with Crippen molar-refractivity contribution in [1.82, 2.24) is 0 Å². The van der Waals surface area contributed by atoms with E-state index in [9.17, 15) is 9.59 Å². The summed E-state index contributed by atoms with van der Waals surface area (Å²) in [5, 5.41) is 0. The van der Waals surface area contributed by atoms with Gasteiger partial charge < -0.3 is 4.74 Å². The smallest absolute Gasteiger partial charge is 0.316 e. The molecule has 0 aromatic carbocycles. The van der Waals surface area contributed by atoms with Gasteiger partial charge in [0.2, 0.25) is 0 Å². The molecule has 1 unspecified atom stereocenters. The van der Waals surface area contributed by atoms with Gasteiger partial charge >= 0.3 is 5.97 Å². The first kappa shape index (κ1) is 14.5. The number of thioether (sulfide) groups is 1. The number of Topliss-reactive ketones (excluding diaryl/α,β-unsaturated/α-hetero) is 1. The fourth-order valence-corrected chi connectivity index (χ4v) is 1.87. The number of methoxy groups -OCH3 is 1. The van der Waals surface area contributed by atoms with E-state index in [4.69, 9.17) is 0 Å². The number of ketones is 1. The highest BCUT2D eigenvalue weighted by atomic mass is 32.2. The van der Waals surface area contributed by atoms with E-state index in [1.165, 1.54) is 7.11 Å². The van der Waals surface area contributed by atoms with E-state index in [1.54, 1.807) is 11.8 Å². The summed E-state index contributed by atoms with van der Waals surface area (Å²) in [6.45, 7) is 4.04. The SMILES string of the molecule is CCCCC(C(=O)CSCC)C(=O)OC. The number of hydrogen-bond donors (Lipinski definition) is 0. The van der Waals surface area contributed by atoms with Crippen LogP contribution in [0.1, 0.15) is 33.1 Å². The topological polar surface area (TPSA) is 43.4 Å². The van der Waals surface area contributed by atoms with E-state index in [0.29, 0.717) is 12.2 Å². The molecule has 0 aromatic heterocycles. The molecule has 3 nitrogen and oxygen atoms in total. The molecule has 0 aliphatic carbocycles. The minimum atomic E-state index is -0.547. The average Bonchev–Trinajstić information content (AvgIpc) is 2.26. The van der Waals surface area contributed by atoms with Gasteiger partial charge in [-0.15, -0.1) is 0 Å². The third-order valence-corrected chi connectivity index (χ3v) is 3.07. The Morgan fingerprint density at radius 2 is 2.00 bits per heavy atom. The van der Waals surface area contributed by atoms with E-state index in [1.807, 2.05) is 13.8 Å². The Balaban J connectivity index is 4.20. The van der Waals surface area contributed by atoms with Crippen LogP contribution in [0.25, 0.3) is 0 Å². The second-order valence-corrected chi connectivity index (χ2v) is 4.60. The summed E-state index contributed by atoms with van der Waals surface area (Å²) in [5.41, 5.74) is 0. The van der Waals surface area contributed by atoms with Crippen LogP contribution >= 0.6 is 11.8 Å². The molecule has 0 fully saturated rings.